The molecule has 0 saturated carbocycles. The SMILES string of the molecule is C=C(N=C1/C(=C(\N)c2cc(C(=O)O)ccc2C)CNC(=O)N1c1c(F)cccc1F)SC. The van der Waals surface area contributed by atoms with Crippen molar-refractivity contribution in [3.05, 3.63) is 81.9 Å². The number of hydrogen-bond donors (Lipinski definition) is 3. The number of anilines is 1. The third kappa shape index (κ3) is 4.35. The van der Waals surface area contributed by atoms with Crippen molar-refractivity contribution in [2.24, 2.45) is 10.7 Å². The monoisotopic (exact) mass is 458 g/mol. The van der Waals surface area contributed by atoms with Gasteiger partial charge < -0.3 is 16.2 Å². The van der Waals surface area contributed by atoms with Crippen LogP contribution in [-0.2, 0) is 0 Å². The second-order valence-corrected chi connectivity index (χ2v) is 7.70. The molecular weight excluding hydrogens is 438 g/mol. The Morgan fingerprint density at radius 1 is 1.28 bits per heavy atom. The summed E-state index contributed by atoms with van der Waals surface area (Å²) in [5.41, 5.74) is 7.25. The van der Waals surface area contributed by atoms with Crippen molar-refractivity contribution in [1.82, 2.24) is 5.32 Å². The molecule has 0 aliphatic carbocycles. The molecule has 0 unspecified atom stereocenters. The maximum Gasteiger partial charge on any atom is 0.335 e. The van der Waals surface area contributed by atoms with Crippen LogP contribution in [-0.4, -0.2) is 35.7 Å². The molecule has 1 aliphatic heterocycles. The number of nitrogens with one attached hydrogen (secondary N) is 1. The number of aromatic carboxylic acids is 1. The van der Waals surface area contributed by atoms with Crippen LogP contribution in [0.5, 0.6) is 0 Å². The quantitative estimate of drug-likeness (QED) is 0.625. The van der Waals surface area contributed by atoms with E-state index in [1.807, 2.05) is 0 Å². The van der Waals surface area contributed by atoms with Crippen molar-refractivity contribution in [2.75, 3.05) is 17.7 Å². The minimum atomic E-state index is -1.14. The summed E-state index contributed by atoms with van der Waals surface area (Å²) in [6.45, 7) is 5.42. The number of urea groups is 1. The van der Waals surface area contributed by atoms with Gasteiger partial charge >= 0.3 is 12.0 Å². The van der Waals surface area contributed by atoms with Gasteiger partial charge in [-0.15, -0.1) is 11.8 Å². The normalized spacial score (nSPS) is 16.7. The molecule has 1 aliphatic rings. The first-order valence-corrected chi connectivity index (χ1v) is 10.5. The summed E-state index contributed by atoms with van der Waals surface area (Å²) >= 11 is 1.18. The molecule has 2 aromatic carbocycles. The summed E-state index contributed by atoms with van der Waals surface area (Å²) < 4.78 is 29.2. The second kappa shape index (κ2) is 9.23. The Kier molecular flexibility index (Phi) is 6.64. The van der Waals surface area contributed by atoms with Crippen LogP contribution < -0.4 is 16.0 Å². The Morgan fingerprint density at radius 3 is 2.53 bits per heavy atom. The number of hydrogen-bond acceptors (Lipinski definition) is 5. The highest BCUT2D eigenvalue weighted by Gasteiger charge is 2.35. The van der Waals surface area contributed by atoms with E-state index >= 15 is 0 Å². The number of carboxylic acid groups (broad SMARTS) is 1. The van der Waals surface area contributed by atoms with Crippen LogP contribution in [0.4, 0.5) is 19.3 Å². The number of nitrogens with two attached hydrogens (primary N) is 1. The zero-order valence-corrected chi connectivity index (χ0v) is 18.1. The van der Waals surface area contributed by atoms with Gasteiger partial charge in [0.25, 0.3) is 0 Å². The Bertz CT molecular complexity index is 1170. The van der Waals surface area contributed by atoms with Crippen LogP contribution >= 0.6 is 11.8 Å². The number of halogens is 2. The van der Waals surface area contributed by atoms with Gasteiger partial charge in [-0.05, 0) is 43.0 Å². The third-order valence-corrected chi connectivity index (χ3v) is 5.39. The van der Waals surface area contributed by atoms with E-state index < -0.39 is 29.3 Å². The lowest BCUT2D eigenvalue weighted by molar-refractivity contribution is 0.0697. The van der Waals surface area contributed by atoms with E-state index in [1.165, 1.54) is 30.0 Å². The fraction of sp³-hybridized carbons (Fsp3) is 0.136. The number of carboxylic acids is 1. The van der Waals surface area contributed by atoms with Crippen molar-refractivity contribution < 1.29 is 23.5 Å². The van der Waals surface area contributed by atoms with Gasteiger partial charge in [0.1, 0.15) is 23.2 Å². The molecule has 0 spiro atoms. The molecule has 1 heterocycles. The standard InChI is InChI=1S/C22H20F2N4O3S/c1-11-7-8-13(21(29)30)9-14(11)18(25)15-10-26-22(31)28(20(15)27-12(2)32-3)19-16(23)5-4-6-17(19)24/h4-9H,2,10,25H2,1,3H3,(H,26,31)(H,29,30)/b18-15-,27-20?. The lowest BCUT2D eigenvalue weighted by Gasteiger charge is -2.32. The van der Waals surface area contributed by atoms with Crippen LogP contribution in [0.1, 0.15) is 21.5 Å². The summed E-state index contributed by atoms with van der Waals surface area (Å²) in [5, 5.41) is 12.2. The lowest BCUT2D eigenvalue weighted by Crippen LogP contribution is -2.53. The molecule has 0 aromatic heterocycles. The van der Waals surface area contributed by atoms with Crippen LogP contribution in [0.2, 0.25) is 0 Å². The van der Waals surface area contributed by atoms with Crippen molar-refractivity contribution in [1.29, 1.82) is 0 Å². The van der Waals surface area contributed by atoms with Crippen molar-refractivity contribution in [3.63, 3.8) is 0 Å². The summed E-state index contributed by atoms with van der Waals surface area (Å²) in [6, 6.07) is 6.86. The first-order valence-electron chi connectivity index (χ1n) is 9.32. The first kappa shape index (κ1) is 23.0. The molecule has 166 valence electrons. The number of aliphatic imine (C=N–C) groups is 1. The van der Waals surface area contributed by atoms with Crippen LogP contribution in [0, 0.1) is 18.6 Å². The highest BCUT2D eigenvalue weighted by atomic mass is 32.2. The fourth-order valence-corrected chi connectivity index (χ4v) is 3.35. The minimum absolute atomic E-state index is 0.0120. The third-order valence-electron chi connectivity index (χ3n) is 4.83. The molecule has 10 heteroatoms. The Labute approximate surface area is 187 Å². The van der Waals surface area contributed by atoms with E-state index in [0.717, 1.165) is 17.0 Å². The highest BCUT2D eigenvalue weighted by molar-refractivity contribution is 8.02. The van der Waals surface area contributed by atoms with Gasteiger partial charge in [-0.3, -0.25) is 0 Å². The minimum Gasteiger partial charge on any atom is -0.478 e. The summed E-state index contributed by atoms with van der Waals surface area (Å²) in [4.78, 5) is 29.2. The molecular formula is C22H20F2N4O3S. The lowest BCUT2D eigenvalue weighted by atomic mass is 9.97. The number of nitrogens with zero attached hydrogens (tertiary/aromatic N) is 2. The average Bonchev–Trinajstić information content (AvgIpc) is 2.75. The number of aryl methyl sites for hydroxylation is 1. The topological polar surface area (TPSA) is 108 Å². The van der Waals surface area contributed by atoms with Crippen molar-refractivity contribution in [2.45, 2.75) is 6.92 Å². The predicted molar refractivity (Wildman–Crippen MR) is 122 cm³/mol. The molecule has 2 aromatic rings. The number of carbonyl (C=O) groups excluding carboxylic acids is 1. The number of carbonyl (C=O) groups is 2. The molecule has 2 amide bonds. The van der Waals surface area contributed by atoms with E-state index in [4.69, 9.17) is 5.73 Å². The van der Waals surface area contributed by atoms with Gasteiger partial charge in [-0.2, -0.15) is 0 Å². The predicted octanol–water partition coefficient (Wildman–Crippen LogP) is 4.10. The maximum absolute atomic E-state index is 14.6. The van der Waals surface area contributed by atoms with E-state index in [-0.39, 0.29) is 34.2 Å². The Hall–Kier alpha value is -3.66. The van der Waals surface area contributed by atoms with E-state index in [2.05, 4.69) is 16.9 Å². The van der Waals surface area contributed by atoms with Crippen LogP contribution in [0.25, 0.3) is 5.70 Å². The van der Waals surface area contributed by atoms with Crippen LogP contribution in [0.3, 0.4) is 0 Å². The molecule has 3 rings (SSSR count). The van der Waals surface area contributed by atoms with Gasteiger partial charge in [0.15, 0.2) is 0 Å². The molecule has 1 fully saturated rings. The van der Waals surface area contributed by atoms with Gasteiger partial charge in [-0.1, -0.05) is 18.7 Å². The van der Waals surface area contributed by atoms with Gasteiger partial charge in [0.05, 0.1) is 17.1 Å². The number of rotatable bonds is 5. The van der Waals surface area contributed by atoms with E-state index in [9.17, 15) is 23.5 Å². The van der Waals surface area contributed by atoms with Crippen LogP contribution in [0.15, 0.2) is 58.6 Å². The molecule has 4 N–H and O–H groups in total. The van der Waals surface area contributed by atoms with Gasteiger partial charge in [0, 0.05) is 16.8 Å². The smallest absolute Gasteiger partial charge is 0.335 e. The van der Waals surface area contributed by atoms with Gasteiger partial charge in [0.2, 0.25) is 0 Å². The number of thioether (sulfide) groups is 1. The fourth-order valence-electron chi connectivity index (χ4n) is 3.17. The zero-order chi connectivity index (χ0) is 23.6. The zero-order valence-electron chi connectivity index (χ0n) is 17.3. The van der Waals surface area contributed by atoms with Crippen molar-refractivity contribution in [3.8, 4) is 0 Å². The molecule has 1 saturated heterocycles. The first-order chi connectivity index (χ1) is 15.1. The van der Waals surface area contributed by atoms with Gasteiger partial charge in [-0.25, -0.2) is 28.3 Å². The average molecular weight is 458 g/mol. The highest BCUT2D eigenvalue weighted by Crippen LogP contribution is 2.31. The van der Waals surface area contributed by atoms with E-state index in [0.29, 0.717) is 11.1 Å². The number of benzene rings is 2. The number of amides is 2. The molecule has 0 bridgehead atoms. The summed E-state index contributed by atoms with van der Waals surface area (Å²) in [5.74, 6) is -3.17. The summed E-state index contributed by atoms with van der Waals surface area (Å²) in [7, 11) is 0. The molecule has 7 nitrogen and oxygen atoms in total. The number of para-hydroxylation sites is 1. The number of amidine groups is 1. The second-order valence-electron chi connectivity index (χ2n) is 6.82. The molecule has 32 heavy (non-hydrogen) atoms. The molecule has 0 radical (unpaired) electrons. The van der Waals surface area contributed by atoms with E-state index in [1.54, 1.807) is 19.2 Å². The largest absolute Gasteiger partial charge is 0.478 e. The van der Waals surface area contributed by atoms with Crippen molar-refractivity contribution >= 4 is 41.0 Å². The Morgan fingerprint density at radius 2 is 1.94 bits per heavy atom. The maximum atomic E-state index is 14.6. The molecule has 0 atom stereocenters. The Balaban J connectivity index is 2.29. The summed E-state index contributed by atoms with van der Waals surface area (Å²) in [6.07, 6.45) is 1.70.